The van der Waals surface area contributed by atoms with Crippen LogP contribution in [0, 0.1) is 20.8 Å². The van der Waals surface area contributed by atoms with Crippen molar-refractivity contribution in [1.29, 1.82) is 0 Å². The van der Waals surface area contributed by atoms with Gasteiger partial charge in [0.15, 0.2) is 0 Å². The molecule has 4 heteroatoms. The monoisotopic (exact) mass is 283 g/mol. The highest BCUT2D eigenvalue weighted by atomic mass is 16.4. The van der Waals surface area contributed by atoms with Crippen LogP contribution in [0.3, 0.4) is 0 Å². The Hall–Kier alpha value is -2.62. The molecule has 0 saturated carbocycles. The maximum atomic E-state index is 11.1. The second-order valence-electron chi connectivity index (χ2n) is 5.02. The fourth-order valence-electron chi connectivity index (χ4n) is 2.20. The Bertz CT molecular complexity index is 710. The molecule has 0 bridgehead atoms. The molecule has 2 aromatic carbocycles. The molecule has 0 unspecified atom stereocenters. The molecule has 0 aliphatic heterocycles. The first-order valence-electron chi connectivity index (χ1n) is 6.57. The number of aromatic hydroxyl groups is 1. The third-order valence-corrected chi connectivity index (χ3v) is 3.40. The van der Waals surface area contributed by atoms with E-state index in [0.717, 1.165) is 16.7 Å². The highest BCUT2D eigenvalue weighted by Gasteiger charge is 2.09. The van der Waals surface area contributed by atoms with Crippen LogP contribution >= 0.6 is 0 Å². The number of hydrogen-bond acceptors (Lipinski definition) is 3. The minimum absolute atomic E-state index is 0.253. The van der Waals surface area contributed by atoms with Crippen molar-refractivity contribution in [2.24, 2.45) is 4.99 Å². The Morgan fingerprint density at radius 2 is 1.76 bits per heavy atom. The molecule has 21 heavy (non-hydrogen) atoms. The third kappa shape index (κ3) is 3.11. The first kappa shape index (κ1) is 14.8. The van der Waals surface area contributed by atoms with Crippen LogP contribution in [0.25, 0.3) is 0 Å². The predicted octanol–water partition coefficient (Wildman–Crippen LogP) is 3.77. The zero-order valence-corrected chi connectivity index (χ0v) is 12.2. The lowest BCUT2D eigenvalue weighted by atomic mass is 10.1. The van der Waals surface area contributed by atoms with E-state index in [1.807, 2.05) is 26.0 Å². The Balaban J connectivity index is 2.38. The summed E-state index contributed by atoms with van der Waals surface area (Å²) in [4.78, 5) is 15.5. The number of nitrogens with zero attached hydrogens (tertiary/aromatic N) is 1. The van der Waals surface area contributed by atoms with Gasteiger partial charge in [0, 0.05) is 6.21 Å². The average Bonchev–Trinajstić information content (AvgIpc) is 2.43. The number of phenolic OH excluding ortho intramolecular Hbond substituents is 1. The SMILES string of the molecule is Cc1cc(C=Nc2cccc(C(=O)O)c2C)cc(C)c1O. The number of hydrogen-bond donors (Lipinski definition) is 2. The smallest absolute Gasteiger partial charge is 0.336 e. The van der Waals surface area contributed by atoms with Gasteiger partial charge in [-0.05, 0) is 67.3 Å². The zero-order chi connectivity index (χ0) is 15.6. The van der Waals surface area contributed by atoms with Gasteiger partial charge in [-0.15, -0.1) is 0 Å². The number of aromatic carboxylic acids is 1. The summed E-state index contributed by atoms with van der Waals surface area (Å²) in [6.07, 6.45) is 1.67. The van der Waals surface area contributed by atoms with Crippen molar-refractivity contribution in [3.05, 3.63) is 58.1 Å². The molecule has 0 fully saturated rings. The maximum Gasteiger partial charge on any atom is 0.336 e. The van der Waals surface area contributed by atoms with Crippen LogP contribution in [-0.2, 0) is 0 Å². The second-order valence-corrected chi connectivity index (χ2v) is 5.02. The molecule has 2 rings (SSSR count). The minimum atomic E-state index is -0.958. The summed E-state index contributed by atoms with van der Waals surface area (Å²) in [6.45, 7) is 5.40. The lowest BCUT2D eigenvalue weighted by molar-refractivity contribution is 0.0696. The van der Waals surface area contributed by atoms with Gasteiger partial charge >= 0.3 is 5.97 Å². The van der Waals surface area contributed by atoms with Crippen LogP contribution in [0.5, 0.6) is 5.75 Å². The van der Waals surface area contributed by atoms with Crippen LogP contribution in [0.2, 0.25) is 0 Å². The number of phenols is 1. The van der Waals surface area contributed by atoms with Crippen LogP contribution in [0.4, 0.5) is 5.69 Å². The van der Waals surface area contributed by atoms with E-state index in [-0.39, 0.29) is 11.3 Å². The van der Waals surface area contributed by atoms with E-state index < -0.39 is 5.97 Å². The van der Waals surface area contributed by atoms with Crippen LogP contribution in [0.15, 0.2) is 35.3 Å². The molecule has 0 atom stereocenters. The fourth-order valence-corrected chi connectivity index (χ4v) is 2.20. The summed E-state index contributed by atoms with van der Waals surface area (Å²) in [7, 11) is 0. The summed E-state index contributed by atoms with van der Waals surface area (Å²) in [6, 6.07) is 8.69. The lowest BCUT2D eigenvalue weighted by Gasteiger charge is -2.06. The molecule has 0 aromatic heterocycles. The molecule has 0 radical (unpaired) electrons. The summed E-state index contributed by atoms with van der Waals surface area (Å²) in [5.41, 5.74) is 3.94. The molecule has 4 nitrogen and oxygen atoms in total. The standard InChI is InChI=1S/C17H17NO3/c1-10-7-13(8-11(2)16(10)19)9-18-15-6-4-5-14(12(15)3)17(20)21/h4-9,19H,1-3H3,(H,20,21). The Morgan fingerprint density at radius 1 is 1.14 bits per heavy atom. The van der Waals surface area contributed by atoms with Crippen molar-refractivity contribution in [2.75, 3.05) is 0 Å². The Morgan fingerprint density at radius 3 is 2.33 bits per heavy atom. The molecule has 108 valence electrons. The van der Waals surface area contributed by atoms with Gasteiger partial charge in [0.05, 0.1) is 11.3 Å². The predicted molar refractivity (Wildman–Crippen MR) is 83.0 cm³/mol. The molecule has 0 saturated heterocycles. The van der Waals surface area contributed by atoms with Gasteiger partial charge in [-0.2, -0.15) is 0 Å². The van der Waals surface area contributed by atoms with E-state index in [0.29, 0.717) is 11.3 Å². The van der Waals surface area contributed by atoms with E-state index in [4.69, 9.17) is 5.11 Å². The lowest BCUT2D eigenvalue weighted by Crippen LogP contribution is -1.99. The molecular formula is C17H17NO3. The van der Waals surface area contributed by atoms with Crippen molar-refractivity contribution in [3.63, 3.8) is 0 Å². The van der Waals surface area contributed by atoms with E-state index >= 15 is 0 Å². The van der Waals surface area contributed by atoms with E-state index in [1.54, 1.807) is 31.3 Å². The van der Waals surface area contributed by atoms with Crippen molar-refractivity contribution < 1.29 is 15.0 Å². The molecule has 0 amide bonds. The van der Waals surface area contributed by atoms with Gasteiger partial charge in [-0.1, -0.05) is 6.07 Å². The molecule has 2 N–H and O–H groups in total. The largest absolute Gasteiger partial charge is 0.507 e. The topological polar surface area (TPSA) is 69.9 Å². The molecular weight excluding hydrogens is 266 g/mol. The third-order valence-electron chi connectivity index (χ3n) is 3.40. The number of carboxylic acid groups (broad SMARTS) is 1. The number of aliphatic imine (C=N–C) groups is 1. The number of aryl methyl sites for hydroxylation is 2. The number of carbonyl (C=O) groups is 1. The average molecular weight is 283 g/mol. The van der Waals surface area contributed by atoms with Crippen molar-refractivity contribution in [2.45, 2.75) is 20.8 Å². The van der Waals surface area contributed by atoms with Crippen molar-refractivity contribution in [3.8, 4) is 5.75 Å². The molecule has 2 aromatic rings. The number of benzene rings is 2. The first-order valence-corrected chi connectivity index (χ1v) is 6.57. The zero-order valence-electron chi connectivity index (χ0n) is 12.2. The van der Waals surface area contributed by atoms with Gasteiger partial charge in [0.25, 0.3) is 0 Å². The van der Waals surface area contributed by atoms with Gasteiger partial charge < -0.3 is 10.2 Å². The van der Waals surface area contributed by atoms with Gasteiger partial charge in [0.2, 0.25) is 0 Å². The fraction of sp³-hybridized carbons (Fsp3) is 0.176. The van der Waals surface area contributed by atoms with Crippen LogP contribution in [0.1, 0.15) is 32.6 Å². The molecule has 0 spiro atoms. The Labute approximate surface area is 123 Å². The Kier molecular flexibility index (Phi) is 4.08. The summed E-state index contributed by atoms with van der Waals surface area (Å²) >= 11 is 0. The van der Waals surface area contributed by atoms with E-state index in [9.17, 15) is 9.90 Å². The van der Waals surface area contributed by atoms with Crippen LogP contribution in [-0.4, -0.2) is 22.4 Å². The molecule has 0 aliphatic rings. The van der Waals surface area contributed by atoms with E-state index in [1.165, 1.54) is 0 Å². The maximum absolute atomic E-state index is 11.1. The van der Waals surface area contributed by atoms with Gasteiger partial charge in [0.1, 0.15) is 5.75 Å². The van der Waals surface area contributed by atoms with Crippen molar-refractivity contribution in [1.82, 2.24) is 0 Å². The second kappa shape index (κ2) is 5.79. The quantitative estimate of drug-likeness (QED) is 0.842. The van der Waals surface area contributed by atoms with Crippen molar-refractivity contribution >= 4 is 17.9 Å². The number of carboxylic acids is 1. The van der Waals surface area contributed by atoms with E-state index in [2.05, 4.69) is 4.99 Å². The first-order chi connectivity index (χ1) is 9.90. The highest BCUT2D eigenvalue weighted by Crippen LogP contribution is 2.24. The van der Waals surface area contributed by atoms with Gasteiger partial charge in [-0.3, -0.25) is 4.99 Å². The minimum Gasteiger partial charge on any atom is -0.507 e. The number of rotatable bonds is 3. The summed E-state index contributed by atoms with van der Waals surface area (Å²) < 4.78 is 0. The molecule has 0 heterocycles. The molecule has 0 aliphatic carbocycles. The normalized spacial score (nSPS) is 11.0. The summed E-state index contributed by atoms with van der Waals surface area (Å²) in [5.74, 6) is -0.669. The van der Waals surface area contributed by atoms with Crippen LogP contribution < -0.4 is 0 Å². The van der Waals surface area contributed by atoms with Gasteiger partial charge in [-0.25, -0.2) is 4.79 Å². The highest BCUT2D eigenvalue weighted by molar-refractivity contribution is 5.91. The summed E-state index contributed by atoms with van der Waals surface area (Å²) in [5, 5.41) is 18.8.